The summed E-state index contributed by atoms with van der Waals surface area (Å²) in [6.07, 6.45) is 11.3. The molecule has 1 aliphatic heterocycles. The second-order valence-corrected chi connectivity index (χ2v) is 9.77. The van der Waals surface area contributed by atoms with Crippen molar-refractivity contribution in [3.63, 3.8) is 0 Å². The predicted octanol–water partition coefficient (Wildman–Crippen LogP) is 2.65. The van der Waals surface area contributed by atoms with Crippen LogP contribution in [0, 0.1) is 0 Å². The van der Waals surface area contributed by atoms with E-state index in [1.807, 2.05) is 0 Å². The average Bonchev–Trinajstić information content (AvgIpc) is 3.14. The molecule has 0 N–H and O–H groups in total. The van der Waals surface area contributed by atoms with E-state index in [2.05, 4.69) is 46.5 Å². The molecular weight excluding hydrogens is 332 g/mol. The number of hydrogen-bond donors (Lipinski definition) is 0. The highest BCUT2D eigenvalue weighted by Crippen LogP contribution is 2.25. The second-order valence-electron chi connectivity index (χ2n) is 6.86. The fraction of sp³-hybridized carbons (Fsp3) is 0.579. The Bertz CT molecular complexity index is 560. The summed E-state index contributed by atoms with van der Waals surface area (Å²) >= 11 is 0. The minimum atomic E-state index is -2.73. The molecule has 138 valence electrons. The Morgan fingerprint density at radius 2 is 1.56 bits per heavy atom. The van der Waals surface area contributed by atoms with Crippen LogP contribution in [0.4, 0.5) is 0 Å². The van der Waals surface area contributed by atoms with E-state index in [0.29, 0.717) is 0 Å². The Morgan fingerprint density at radius 1 is 0.920 bits per heavy atom. The van der Waals surface area contributed by atoms with Gasteiger partial charge in [0, 0.05) is 51.5 Å². The third-order valence-corrected chi connectivity index (χ3v) is 8.01. The van der Waals surface area contributed by atoms with E-state index in [1.54, 1.807) is 21.3 Å². The van der Waals surface area contributed by atoms with Gasteiger partial charge in [0.1, 0.15) is 0 Å². The SMILES string of the molecule is CO[Si](OC)(OC)c1ccc(CN2C=CN(C3CCCCC3)C2)cc1. The fourth-order valence-electron chi connectivity index (χ4n) is 3.89. The number of rotatable bonds is 7. The van der Waals surface area contributed by atoms with Crippen LogP contribution in [0.2, 0.25) is 0 Å². The Labute approximate surface area is 152 Å². The van der Waals surface area contributed by atoms with E-state index in [0.717, 1.165) is 24.4 Å². The van der Waals surface area contributed by atoms with Crippen molar-refractivity contribution in [2.75, 3.05) is 28.0 Å². The van der Waals surface area contributed by atoms with Gasteiger partial charge in [0.15, 0.2) is 0 Å². The highest BCUT2D eigenvalue weighted by molar-refractivity contribution is 6.75. The molecule has 0 unspecified atom stereocenters. The zero-order valence-corrected chi connectivity index (χ0v) is 16.6. The maximum Gasteiger partial charge on any atom is 0.536 e. The quantitative estimate of drug-likeness (QED) is 0.697. The summed E-state index contributed by atoms with van der Waals surface area (Å²) in [7, 11) is 2.19. The first-order chi connectivity index (χ1) is 12.2. The molecule has 3 rings (SSSR count). The molecule has 1 saturated carbocycles. The molecule has 0 amide bonds. The normalized spacial score (nSPS) is 19.0. The summed E-state index contributed by atoms with van der Waals surface area (Å²) < 4.78 is 16.6. The van der Waals surface area contributed by atoms with Crippen LogP contribution in [0.25, 0.3) is 0 Å². The third kappa shape index (κ3) is 4.08. The summed E-state index contributed by atoms with van der Waals surface area (Å²) in [6, 6.07) is 9.15. The molecule has 1 aromatic carbocycles. The van der Waals surface area contributed by atoms with Crippen molar-refractivity contribution >= 4 is 14.0 Å². The predicted molar refractivity (Wildman–Crippen MR) is 101 cm³/mol. The second kappa shape index (κ2) is 8.36. The number of benzene rings is 1. The Balaban J connectivity index is 1.58. The maximum absolute atomic E-state index is 5.54. The topological polar surface area (TPSA) is 34.2 Å². The molecule has 1 heterocycles. The molecular formula is C19H30N2O3Si. The molecule has 1 aliphatic carbocycles. The van der Waals surface area contributed by atoms with E-state index in [4.69, 9.17) is 13.3 Å². The van der Waals surface area contributed by atoms with Crippen LogP contribution >= 0.6 is 0 Å². The summed E-state index contributed by atoms with van der Waals surface area (Å²) in [6.45, 7) is 1.92. The average molecular weight is 363 g/mol. The minimum absolute atomic E-state index is 0.731. The molecule has 0 spiro atoms. The smallest absolute Gasteiger partial charge is 0.373 e. The van der Waals surface area contributed by atoms with Crippen LogP contribution in [0.3, 0.4) is 0 Å². The summed E-state index contributed by atoms with van der Waals surface area (Å²) in [5.74, 6) is 0. The molecule has 1 fully saturated rings. The molecule has 2 aliphatic rings. The van der Waals surface area contributed by atoms with Crippen molar-refractivity contribution in [2.45, 2.75) is 44.7 Å². The Hall–Kier alpha value is -1.34. The lowest BCUT2D eigenvalue weighted by Gasteiger charge is -2.32. The van der Waals surface area contributed by atoms with Crippen LogP contribution in [-0.2, 0) is 19.8 Å². The summed E-state index contributed by atoms with van der Waals surface area (Å²) in [5.41, 5.74) is 1.28. The zero-order chi connectivity index (χ0) is 17.7. The number of nitrogens with zero attached hydrogens (tertiary/aromatic N) is 2. The molecule has 0 bridgehead atoms. The van der Waals surface area contributed by atoms with Crippen molar-refractivity contribution in [1.82, 2.24) is 9.80 Å². The van der Waals surface area contributed by atoms with Gasteiger partial charge in [-0.05, 0) is 18.4 Å². The van der Waals surface area contributed by atoms with Gasteiger partial charge in [-0.15, -0.1) is 0 Å². The van der Waals surface area contributed by atoms with Crippen molar-refractivity contribution in [3.05, 3.63) is 42.2 Å². The van der Waals surface area contributed by atoms with Gasteiger partial charge in [0.25, 0.3) is 0 Å². The van der Waals surface area contributed by atoms with Crippen molar-refractivity contribution in [1.29, 1.82) is 0 Å². The van der Waals surface area contributed by atoms with Crippen LogP contribution in [0.5, 0.6) is 0 Å². The van der Waals surface area contributed by atoms with Gasteiger partial charge in [-0.1, -0.05) is 43.5 Å². The molecule has 1 aromatic rings. The highest BCUT2D eigenvalue weighted by atomic mass is 28.4. The molecule has 0 aromatic heterocycles. The minimum Gasteiger partial charge on any atom is -0.373 e. The summed E-state index contributed by atoms with van der Waals surface area (Å²) in [5, 5.41) is 0.990. The molecule has 0 radical (unpaired) electrons. The van der Waals surface area contributed by atoms with E-state index in [-0.39, 0.29) is 0 Å². The third-order valence-electron chi connectivity index (χ3n) is 5.36. The van der Waals surface area contributed by atoms with Crippen LogP contribution in [0.1, 0.15) is 37.7 Å². The van der Waals surface area contributed by atoms with Crippen molar-refractivity contribution in [2.24, 2.45) is 0 Å². The monoisotopic (exact) mass is 362 g/mol. The van der Waals surface area contributed by atoms with Gasteiger partial charge in [-0.2, -0.15) is 0 Å². The molecule has 6 heteroatoms. The van der Waals surface area contributed by atoms with Gasteiger partial charge in [-0.25, -0.2) is 0 Å². The lowest BCUT2D eigenvalue weighted by molar-refractivity contribution is 0.140. The molecule has 0 saturated heterocycles. The fourth-order valence-corrected chi connectivity index (χ4v) is 5.67. The van der Waals surface area contributed by atoms with Gasteiger partial charge in [0.05, 0.1) is 6.67 Å². The van der Waals surface area contributed by atoms with Gasteiger partial charge in [-0.3, -0.25) is 0 Å². The van der Waals surface area contributed by atoms with Crippen LogP contribution in [0.15, 0.2) is 36.7 Å². The number of hydrogen-bond acceptors (Lipinski definition) is 5. The first-order valence-corrected chi connectivity index (χ1v) is 10.9. The van der Waals surface area contributed by atoms with Gasteiger partial charge in [0.2, 0.25) is 0 Å². The van der Waals surface area contributed by atoms with Gasteiger partial charge < -0.3 is 23.1 Å². The largest absolute Gasteiger partial charge is 0.536 e. The Morgan fingerprint density at radius 3 is 2.16 bits per heavy atom. The van der Waals surface area contributed by atoms with Crippen LogP contribution in [-0.4, -0.2) is 52.6 Å². The van der Waals surface area contributed by atoms with Gasteiger partial charge >= 0.3 is 8.80 Å². The maximum atomic E-state index is 5.54. The first-order valence-electron chi connectivity index (χ1n) is 9.14. The molecule has 0 atom stereocenters. The van der Waals surface area contributed by atoms with Crippen molar-refractivity contribution < 1.29 is 13.3 Å². The lowest BCUT2D eigenvalue weighted by atomic mass is 9.95. The van der Waals surface area contributed by atoms with Crippen LogP contribution < -0.4 is 5.19 Å². The van der Waals surface area contributed by atoms with E-state index in [9.17, 15) is 0 Å². The van der Waals surface area contributed by atoms with E-state index >= 15 is 0 Å². The Kier molecular flexibility index (Phi) is 6.17. The first kappa shape index (κ1) is 18.4. The zero-order valence-electron chi connectivity index (χ0n) is 15.6. The van der Waals surface area contributed by atoms with E-state index in [1.165, 1.54) is 37.7 Å². The highest BCUT2D eigenvalue weighted by Gasteiger charge is 2.40. The van der Waals surface area contributed by atoms with Crippen molar-refractivity contribution in [3.8, 4) is 0 Å². The standard InChI is InChI=1S/C19H30N2O3Si/c1-22-25(23-2,24-3)19-11-9-17(10-12-19)15-20-13-14-21(16-20)18-7-5-4-6-8-18/h9-14,18H,4-8,15-16H2,1-3H3. The molecule has 25 heavy (non-hydrogen) atoms. The molecule has 5 nitrogen and oxygen atoms in total. The summed E-state index contributed by atoms with van der Waals surface area (Å²) in [4.78, 5) is 4.88. The van der Waals surface area contributed by atoms with E-state index < -0.39 is 8.80 Å². The lowest BCUT2D eigenvalue weighted by Crippen LogP contribution is -2.54.